The molecule has 0 aliphatic rings. The molecule has 0 aromatic heterocycles. The molecule has 1 unspecified atom stereocenters. The van der Waals surface area contributed by atoms with E-state index in [9.17, 15) is 0 Å². The number of hydrogen-bond donors (Lipinski definition) is 1. The lowest BCUT2D eigenvalue weighted by atomic mass is 9.67. The Morgan fingerprint density at radius 1 is 1.00 bits per heavy atom. The van der Waals surface area contributed by atoms with Gasteiger partial charge in [-0.3, -0.25) is 5.26 Å². The Hall–Kier alpha value is -0.0800. The smallest absolute Gasteiger partial charge is 0.103 e. The van der Waals surface area contributed by atoms with E-state index < -0.39 is 0 Å². The molecule has 0 amide bonds. The first-order valence-corrected chi connectivity index (χ1v) is 5.68. The van der Waals surface area contributed by atoms with Crippen LogP contribution in [0.3, 0.4) is 0 Å². The zero-order valence-corrected chi connectivity index (χ0v) is 10.6. The van der Waals surface area contributed by atoms with Crippen molar-refractivity contribution in [3.05, 3.63) is 0 Å². The largest absolute Gasteiger partial charge is 0.251 e. The Balaban J connectivity index is 4.86. The van der Waals surface area contributed by atoms with Gasteiger partial charge in [-0.2, -0.15) is 0 Å². The molecule has 0 aliphatic carbocycles. The van der Waals surface area contributed by atoms with E-state index in [1.165, 1.54) is 0 Å². The maximum Gasteiger partial charge on any atom is 0.103 e. The molecule has 0 radical (unpaired) electrons. The Bertz CT molecular complexity index is 160. The molecule has 2 heteroatoms. The summed E-state index contributed by atoms with van der Waals surface area (Å²) in [5, 5.41) is 9.09. The van der Waals surface area contributed by atoms with Crippen molar-refractivity contribution < 1.29 is 10.1 Å². The highest BCUT2D eigenvalue weighted by atomic mass is 17.1. The van der Waals surface area contributed by atoms with Crippen molar-refractivity contribution >= 4 is 0 Å². The van der Waals surface area contributed by atoms with E-state index in [0.29, 0.717) is 0 Å². The standard InChI is InChI=1S/C12H26O2/c1-7-11(4,5)10(14-13)12(6,8-2)9-3/h10,13H,7-9H2,1-6H3. The van der Waals surface area contributed by atoms with Crippen LogP contribution in [0.4, 0.5) is 0 Å². The molecule has 86 valence electrons. The van der Waals surface area contributed by atoms with Gasteiger partial charge in [0.05, 0.1) is 0 Å². The zero-order valence-electron chi connectivity index (χ0n) is 10.6. The van der Waals surface area contributed by atoms with Gasteiger partial charge in [-0.1, -0.05) is 41.5 Å². The Morgan fingerprint density at radius 3 is 1.64 bits per heavy atom. The monoisotopic (exact) mass is 202 g/mol. The first kappa shape index (κ1) is 13.9. The van der Waals surface area contributed by atoms with Crippen LogP contribution in [0.25, 0.3) is 0 Å². The molecule has 14 heavy (non-hydrogen) atoms. The van der Waals surface area contributed by atoms with E-state index in [1.807, 2.05) is 0 Å². The third-order valence-corrected chi connectivity index (χ3v) is 3.97. The fourth-order valence-electron chi connectivity index (χ4n) is 2.02. The van der Waals surface area contributed by atoms with Gasteiger partial charge in [0.15, 0.2) is 0 Å². The predicted molar refractivity (Wildman–Crippen MR) is 60.3 cm³/mol. The topological polar surface area (TPSA) is 29.5 Å². The maximum atomic E-state index is 9.09. The van der Waals surface area contributed by atoms with Crippen LogP contribution in [0.15, 0.2) is 0 Å². The van der Waals surface area contributed by atoms with Crippen LogP contribution in [0, 0.1) is 10.8 Å². The normalized spacial score (nSPS) is 15.6. The highest BCUT2D eigenvalue weighted by Crippen LogP contribution is 2.42. The first-order valence-electron chi connectivity index (χ1n) is 5.68. The quantitative estimate of drug-likeness (QED) is 0.519. The molecular formula is C12H26O2. The van der Waals surface area contributed by atoms with Crippen molar-refractivity contribution in [1.82, 2.24) is 0 Å². The van der Waals surface area contributed by atoms with Crippen molar-refractivity contribution in [2.24, 2.45) is 10.8 Å². The summed E-state index contributed by atoms with van der Waals surface area (Å²) in [6.07, 6.45) is 2.97. The third kappa shape index (κ3) is 2.71. The minimum atomic E-state index is -0.0880. The second-order valence-electron chi connectivity index (χ2n) is 5.19. The Labute approximate surface area is 88.6 Å². The van der Waals surface area contributed by atoms with Gasteiger partial charge < -0.3 is 0 Å². The summed E-state index contributed by atoms with van der Waals surface area (Å²) in [5.41, 5.74) is 0.0871. The highest BCUT2D eigenvalue weighted by Gasteiger charge is 2.42. The summed E-state index contributed by atoms with van der Waals surface area (Å²) in [6, 6.07) is 0. The lowest BCUT2D eigenvalue weighted by Crippen LogP contribution is -2.44. The van der Waals surface area contributed by atoms with E-state index >= 15 is 0 Å². The third-order valence-electron chi connectivity index (χ3n) is 3.97. The molecule has 1 N–H and O–H groups in total. The van der Waals surface area contributed by atoms with E-state index in [1.54, 1.807) is 0 Å². The maximum absolute atomic E-state index is 9.09. The molecule has 2 nitrogen and oxygen atoms in total. The molecule has 0 saturated heterocycles. The summed E-state index contributed by atoms with van der Waals surface area (Å²) in [7, 11) is 0. The van der Waals surface area contributed by atoms with Gasteiger partial charge in [-0.15, -0.1) is 0 Å². The average Bonchev–Trinajstić information content (AvgIpc) is 2.18. The molecule has 0 rings (SSSR count). The van der Waals surface area contributed by atoms with E-state index in [0.717, 1.165) is 19.3 Å². The zero-order chi connectivity index (χ0) is 11.4. The number of hydrogen-bond acceptors (Lipinski definition) is 2. The molecule has 0 fully saturated rings. The highest BCUT2D eigenvalue weighted by molar-refractivity contribution is 4.90. The van der Waals surface area contributed by atoms with E-state index in [4.69, 9.17) is 10.1 Å². The van der Waals surface area contributed by atoms with Gasteiger partial charge in [0, 0.05) is 0 Å². The van der Waals surface area contributed by atoms with Crippen LogP contribution in [0.2, 0.25) is 0 Å². The summed E-state index contributed by atoms with van der Waals surface area (Å²) >= 11 is 0. The van der Waals surface area contributed by atoms with Gasteiger partial charge in [-0.25, -0.2) is 4.89 Å². The second-order valence-corrected chi connectivity index (χ2v) is 5.19. The lowest BCUT2D eigenvalue weighted by molar-refractivity contribution is -0.328. The molecule has 0 saturated carbocycles. The molecule has 0 spiro atoms. The minimum absolute atomic E-state index is 0.0233. The molecular weight excluding hydrogens is 176 g/mol. The summed E-state index contributed by atoms with van der Waals surface area (Å²) in [4.78, 5) is 4.75. The minimum Gasteiger partial charge on any atom is -0.251 e. The van der Waals surface area contributed by atoms with Crippen molar-refractivity contribution in [1.29, 1.82) is 0 Å². The fraction of sp³-hybridized carbons (Fsp3) is 1.00. The number of rotatable bonds is 6. The average molecular weight is 202 g/mol. The van der Waals surface area contributed by atoms with Crippen molar-refractivity contribution in [3.63, 3.8) is 0 Å². The van der Waals surface area contributed by atoms with Gasteiger partial charge in [-0.05, 0) is 30.1 Å². The van der Waals surface area contributed by atoms with Crippen LogP contribution < -0.4 is 0 Å². The van der Waals surface area contributed by atoms with Crippen LogP contribution in [-0.2, 0) is 4.89 Å². The van der Waals surface area contributed by atoms with Gasteiger partial charge in [0.1, 0.15) is 6.10 Å². The first-order chi connectivity index (χ1) is 6.37. The SMILES string of the molecule is CCC(C)(C)C(OO)C(C)(CC)CC. The lowest BCUT2D eigenvalue weighted by Gasteiger charge is -2.43. The van der Waals surface area contributed by atoms with Crippen molar-refractivity contribution in [2.75, 3.05) is 0 Å². The van der Waals surface area contributed by atoms with Gasteiger partial charge in [0.25, 0.3) is 0 Å². The Kier molecular flexibility index (Phi) is 5.10. The van der Waals surface area contributed by atoms with Crippen LogP contribution in [0.5, 0.6) is 0 Å². The molecule has 1 atom stereocenters. The molecule has 0 aromatic rings. The van der Waals surface area contributed by atoms with Crippen LogP contribution in [-0.4, -0.2) is 11.4 Å². The van der Waals surface area contributed by atoms with Crippen molar-refractivity contribution in [2.45, 2.75) is 66.9 Å². The van der Waals surface area contributed by atoms with Gasteiger partial charge >= 0.3 is 0 Å². The van der Waals surface area contributed by atoms with E-state index in [2.05, 4.69) is 41.5 Å². The second kappa shape index (κ2) is 5.13. The summed E-state index contributed by atoms with van der Waals surface area (Å²) < 4.78 is 0. The molecule has 0 heterocycles. The van der Waals surface area contributed by atoms with Crippen LogP contribution >= 0.6 is 0 Å². The molecule has 0 bridgehead atoms. The summed E-state index contributed by atoms with van der Waals surface area (Å²) in [6.45, 7) is 12.9. The van der Waals surface area contributed by atoms with Gasteiger partial charge in [0.2, 0.25) is 0 Å². The fourth-order valence-corrected chi connectivity index (χ4v) is 2.02. The Morgan fingerprint density at radius 2 is 1.43 bits per heavy atom. The predicted octanol–water partition coefficient (Wildman–Crippen LogP) is 4.11. The molecule has 0 aliphatic heterocycles. The summed E-state index contributed by atoms with van der Waals surface area (Å²) in [5.74, 6) is 0. The van der Waals surface area contributed by atoms with E-state index in [-0.39, 0.29) is 16.9 Å². The van der Waals surface area contributed by atoms with Crippen molar-refractivity contribution in [3.8, 4) is 0 Å². The van der Waals surface area contributed by atoms with Crippen LogP contribution in [0.1, 0.15) is 60.8 Å². The molecule has 0 aromatic carbocycles.